The first-order chi connectivity index (χ1) is 23.5. The van der Waals surface area contributed by atoms with E-state index in [0.717, 1.165) is 57.8 Å². The summed E-state index contributed by atoms with van der Waals surface area (Å²) in [5.41, 5.74) is 0. The molecule has 0 aromatic rings. The van der Waals surface area contributed by atoms with Crippen molar-refractivity contribution in [2.75, 3.05) is 13.2 Å². The van der Waals surface area contributed by atoms with E-state index in [9.17, 15) is 14.4 Å². The summed E-state index contributed by atoms with van der Waals surface area (Å²) in [4.78, 5) is 37.4. The number of carbonyl (C=O) groups excluding carboxylic acids is 3. The van der Waals surface area contributed by atoms with Crippen LogP contribution in [0.3, 0.4) is 0 Å². The third-order valence-corrected chi connectivity index (χ3v) is 9.36. The quantitative estimate of drug-likeness (QED) is 0.0367. The first kappa shape index (κ1) is 46.4. The molecule has 0 unspecified atom stereocenters. The van der Waals surface area contributed by atoms with Crippen LogP contribution < -0.4 is 0 Å². The van der Waals surface area contributed by atoms with Gasteiger partial charge in [-0.15, -0.1) is 0 Å². The van der Waals surface area contributed by atoms with E-state index in [1.165, 1.54) is 135 Å². The molecule has 0 radical (unpaired) electrons. The molecule has 6 heteroatoms. The van der Waals surface area contributed by atoms with Crippen LogP contribution >= 0.6 is 0 Å². The van der Waals surface area contributed by atoms with E-state index in [1.54, 1.807) is 0 Å². The second-order valence-electron chi connectivity index (χ2n) is 14.3. The van der Waals surface area contributed by atoms with E-state index in [1.807, 2.05) is 0 Å². The van der Waals surface area contributed by atoms with E-state index in [2.05, 4.69) is 20.8 Å². The van der Waals surface area contributed by atoms with Crippen LogP contribution in [0.25, 0.3) is 0 Å². The molecule has 1 atom stereocenters. The van der Waals surface area contributed by atoms with E-state index >= 15 is 0 Å². The fraction of sp³-hybridized carbons (Fsp3) is 0.929. The van der Waals surface area contributed by atoms with E-state index in [-0.39, 0.29) is 31.1 Å². The SMILES string of the molecule is CCCCCCCCCCCCCCC(=O)OC[C@H](COC(=O)CCCCCCCCCCC)OC(=O)CCCCCCCCCCC. The molecule has 0 spiro atoms. The van der Waals surface area contributed by atoms with Crippen molar-refractivity contribution in [1.82, 2.24) is 0 Å². The van der Waals surface area contributed by atoms with Crippen molar-refractivity contribution < 1.29 is 28.6 Å². The van der Waals surface area contributed by atoms with Crippen molar-refractivity contribution in [2.45, 2.75) is 239 Å². The minimum atomic E-state index is -0.756. The van der Waals surface area contributed by atoms with Gasteiger partial charge < -0.3 is 14.2 Å². The van der Waals surface area contributed by atoms with E-state index in [0.29, 0.717) is 19.3 Å². The maximum Gasteiger partial charge on any atom is 0.306 e. The molecular weight excluding hydrogens is 600 g/mol. The van der Waals surface area contributed by atoms with Gasteiger partial charge >= 0.3 is 17.9 Å². The molecule has 0 aromatic carbocycles. The van der Waals surface area contributed by atoms with Crippen LogP contribution in [0.15, 0.2) is 0 Å². The summed E-state index contributed by atoms with van der Waals surface area (Å²) in [6.45, 7) is 6.60. The molecule has 0 saturated carbocycles. The smallest absolute Gasteiger partial charge is 0.306 e. The fourth-order valence-electron chi connectivity index (χ4n) is 6.15. The molecule has 284 valence electrons. The molecule has 0 bridgehead atoms. The maximum absolute atomic E-state index is 12.6. The Hall–Kier alpha value is -1.59. The molecule has 0 aliphatic rings. The van der Waals surface area contributed by atoms with Gasteiger partial charge in [0.15, 0.2) is 6.10 Å². The molecule has 0 saturated heterocycles. The minimum Gasteiger partial charge on any atom is -0.462 e. The van der Waals surface area contributed by atoms with Gasteiger partial charge in [0.1, 0.15) is 13.2 Å². The standard InChI is InChI=1S/C42H80O6/c1-4-7-10-13-16-19-20-21-24-26-29-32-35-41(44)47-38-39(48-42(45)36-33-30-27-23-18-15-12-9-6-3)37-46-40(43)34-31-28-25-22-17-14-11-8-5-2/h39H,4-38H2,1-3H3/t39-/m0/s1. The first-order valence-electron chi connectivity index (χ1n) is 21.0. The lowest BCUT2D eigenvalue weighted by molar-refractivity contribution is -0.167. The molecular formula is C42H80O6. The third kappa shape index (κ3) is 35.7. The van der Waals surface area contributed by atoms with Gasteiger partial charge in [-0.05, 0) is 19.3 Å². The normalized spacial score (nSPS) is 11.8. The predicted molar refractivity (Wildman–Crippen MR) is 201 cm³/mol. The summed E-state index contributed by atoms with van der Waals surface area (Å²) in [5.74, 6) is -0.862. The van der Waals surface area contributed by atoms with Gasteiger partial charge in [-0.25, -0.2) is 0 Å². The lowest BCUT2D eigenvalue weighted by Crippen LogP contribution is -2.30. The van der Waals surface area contributed by atoms with Gasteiger partial charge in [-0.2, -0.15) is 0 Å². The van der Waals surface area contributed by atoms with Crippen LogP contribution in [0.1, 0.15) is 233 Å². The van der Waals surface area contributed by atoms with E-state index < -0.39 is 6.10 Å². The molecule has 6 nitrogen and oxygen atoms in total. The Morgan fingerprint density at radius 1 is 0.333 bits per heavy atom. The predicted octanol–water partition coefficient (Wildman–Crippen LogP) is 12.9. The molecule has 0 aliphatic heterocycles. The molecule has 48 heavy (non-hydrogen) atoms. The molecule has 0 heterocycles. The zero-order valence-corrected chi connectivity index (χ0v) is 32.3. The largest absolute Gasteiger partial charge is 0.462 e. The lowest BCUT2D eigenvalue weighted by Gasteiger charge is -2.18. The third-order valence-electron chi connectivity index (χ3n) is 9.36. The summed E-state index contributed by atoms with van der Waals surface area (Å²) in [5, 5.41) is 0. The van der Waals surface area contributed by atoms with Gasteiger partial charge in [0.05, 0.1) is 0 Å². The summed E-state index contributed by atoms with van der Waals surface area (Å²) in [7, 11) is 0. The Balaban J connectivity index is 4.31. The highest BCUT2D eigenvalue weighted by Gasteiger charge is 2.19. The number of rotatable bonds is 38. The van der Waals surface area contributed by atoms with E-state index in [4.69, 9.17) is 14.2 Å². The molecule has 0 N–H and O–H groups in total. The monoisotopic (exact) mass is 681 g/mol. The average Bonchev–Trinajstić information content (AvgIpc) is 3.08. The summed E-state index contributed by atoms with van der Waals surface area (Å²) >= 11 is 0. The Kier molecular flexibility index (Phi) is 36.9. The Morgan fingerprint density at radius 2 is 0.562 bits per heavy atom. The van der Waals surface area contributed by atoms with Crippen molar-refractivity contribution in [3.05, 3.63) is 0 Å². The Morgan fingerprint density at radius 3 is 0.833 bits per heavy atom. The van der Waals surface area contributed by atoms with Gasteiger partial charge in [-0.1, -0.05) is 194 Å². The van der Waals surface area contributed by atoms with Crippen molar-refractivity contribution >= 4 is 17.9 Å². The Bertz CT molecular complexity index is 708. The average molecular weight is 681 g/mol. The number of hydrogen-bond acceptors (Lipinski definition) is 6. The number of carbonyl (C=O) groups is 3. The van der Waals surface area contributed by atoms with Gasteiger partial charge in [0, 0.05) is 19.3 Å². The number of unbranched alkanes of at least 4 members (excludes halogenated alkanes) is 27. The first-order valence-corrected chi connectivity index (χ1v) is 21.0. The zero-order valence-electron chi connectivity index (χ0n) is 32.3. The highest BCUT2D eigenvalue weighted by Crippen LogP contribution is 2.15. The number of ether oxygens (including phenoxy) is 3. The minimum absolute atomic E-state index is 0.0636. The molecule has 0 rings (SSSR count). The van der Waals surface area contributed by atoms with Gasteiger partial charge in [-0.3, -0.25) is 14.4 Å². The van der Waals surface area contributed by atoms with Crippen LogP contribution in [0, 0.1) is 0 Å². The van der Waals surface area contributed by atoms with Gasteiger partial charge in [0.2, 0.25) is 0 Å². The summed E-state index contributed by atoms with van der Waals surface area (Å²) < 4.78 is 16.6. The summed E-state index contributed by atoms with van der Waals surface area (Å²) in [6, 6.07) is 0. The van der Waals surface area contributed by atoms with Crippen molar-refractivity contribution in [3.8, 4) is 0 Å². The second-order valence-corrected chi connectivity index (χ2v) is 14.3. The van der Waals surface area contributed by atoms with Crippen molar-refractivity contribution in [2.24, 2.45) is 0 Å². The lowest BCUT2D eigenvalue weighted by atomic mass is 10.0. The number of esters is 3. The molecule has 0 amide bonds. The fourth-order valence-corrected chi connectivity index (χ4v) is 6.15. The topological polar surface area (TPSA) is 78.9 Å². The highest BCUT2D eigenvalue weighted by molar-refractivity contribution is 5.71. The van der Waals surface area contributed by atoms with Crippen molar-refractivity contribution in [1.29, 1.82) is 0 Å². The van der Waals surface area contributed by atoms with Crippen molar-refractivity contribution in [3.63, 3.8) is 0 Å². The van der Waals surface area contributed by atoms with Crippen LogP contribution in [0.4, 0.5) is 0 Å². The zero-order chi connectivity index (χ0) is 35.2. The maximum atomic E-state index is 12.6. The Labute approximate surface area is 298 Å². The summed E-state index contributed by atoms with van der Waals surface area (Å²) in [6.07, 6.45) is 36.5. The number of hydrogen-bond donors (Lipinski definition) is 0. The van der Waals surface area contributed by atoms with Crippen LogP contribution in [0.2, 0.25) is 0 Å². The molecule has 0 fully saturated rings. The second kappa shape index (κ2) is 38.2. The van der Waals surface area contributed by atoms with Crippen LogP contribution in [-0.2, 0) is 28.6 Å². The van der Waals surface area contributed by atoms with Crippen LogP contribution in [-0.4, -0.2) is 37.2 Å². The van der Waals surface area contributed by atoms with Crippen LogP contribution in [0.5, 0.6) is 0 Å². The highest BCUT2D eigenvalue weighted by atomic mass is 16.6. The molecule has 0 aromatic heterocycles. The molecule has 0 aliphatic carbocycles. The van der Waals surface area contributed by atoms with Gasteiger partial charge in [0.25, 0.3) is 0 Å².